The fourth-order valence-electron chi connectivity index (χ4n) is 1.75. The third kappa shape index (κ3) is 2.53. The van der Waals surface area contributed by atoms with Crippen molar-refractivity contribution in [2.75, 3.05) is 12.3 Å². The van der Waals surface area contributed by atoms with Crippen molar-refractivity contribution in [3.05, 3.63) is 34.3 Å². The van der Waals surface area contributed by atoms with Crippen LogP contribution in [0.15, 0.2) is 28.7 Å². The molecule has 1 aliphatic heterocycles. The maximum atomic E-state index is 3.55. The first-order valence-electron chi connectivity index (χ1n) is 4.81. The fourth-order valence-corrected chi connectivity index (χ4v) is 3.14. The maximum absolute atomic E-state index is 3.55. The van der Waals surface area contributed by atoms with Crippen molar-refractivity contribution in [1.29, 1.82) is 0 Å². The van der Waals surface area contributed by atoms with E-state index in [0.717, 1.165) is 17.4 Å². The normalized spacial score (nSPS) is 26.7. The van der Waals surface area contributed by atoms with Crippen LogP contribution < -0.4 is 5.32 Å². The molecule has 1 unspecified atom stereocenters. The number of hydrogen-bond donors (Lipinski definition) is 1. The van der Waals surface area contributed by atoms with Gasteiger partial charge in [0.1, 0.15) is 0 Å². The van der Waals surface area contributed by atoms with E-state index in [4.69, 9.17) is 0 Å². The van der Waals surface area contributed by atoms with Crippen molar-refractivity contribution in [1.82, 2.24) is 5.32 Å². The topological polar surface area (TPSA) is 12.0 Å². The molecule has 0 aromatic heterocycles. The SMILES string of the molecule is CC1(Cc2ccc(Br)cc2)NCCS1. The first-order valence-corrected chi connectivity index (χ1v) is 6.59. The molecule has 1 aromatic rings. The summed E-state index contributed by atoms with van der Waals surface area (Å²) in [6.07, 6.45) is 1.10. The highest BCUT2D eigenvalue weighted by atomic mass is 79.9. The van der Waals surface area contributed by atoms with E-state index in [2.05, 4.69) is 52.4 Å². The summed E-state index contributed by atoms with van der Waals surface area (Å²) in [7, 11) is 0. The Hall–Kier alpha value is 0.01000. The Bertz CT molecular complexity index is 304. The predicted octanol–water partition coefficient (Wildman–Crippen LogP) is 3.04. The highest BCUT2D eigenvalue weighted by Gasteiger charge is 2.28. The van der Waals surface area contributed by atoms with Crippen LogP contribution in [0.4, 0.5) is 0 Å². The van der Waals surface area contributed by atoms with Crippen LogP contribution in [0.25, 0.3) is 0 Å². The summed E-state index contributed by atoms with van der Waals surface area (Å²) < 4.78 is 1.15. The maximum Gasteiger partial charge on any atom is 0.0658 e. The van der Waals surface area contributed by atoms with Crippen LogP contribution in [0, 0.1) is 0 Å². The van der Waals surface area contributed by atoms with Crippen LogP contribution >= 0.6 is 27.7 Å². The lowest BCUT2D eigenvalue weighted by Gasteiger charge is -2.23. The Balaban J connectivity index is 2.06. The zero-order valence-corrected chi connectivity index (χ0v) is 10.6. The van der Waals surface area contributed by atoms with Gasteiger partial charge in [0.25, 0.3) is 0 Å². The molecule has 2 rings (SSSR count). The molecule has 0 bridgehead atoms. The van der Waals surface area contributed by atoms with E-state index in [1.54, 1.807) is 0 Å². The summed E-state index contributed by atoms with van der Waals surface area (Å²) in [5.74, 6) is 1.23. The average molecular weight is 272 g/mol. The fraction of sp³-hybridized carbons (Fsp3) is 0.455. The lowest BCUT2D eigenvalue weighted by Crippen LogP contribution is -2.35. The average Bonchev–Trinajstić information content (AvgIpc) is 2.57. The van der Waals surface area contributed by atoms with Gasteiger partial charge in [0.2, 0.25) is 0 Å². The molecule has 1 fully saturated rings. The molecule has 1 nitrogen and oxygen atoms in total. The van der Waals surface area contributed by atoms with E-state index in [0.29, 0.717) is 0 Å². The highest BCUT2D eigenvalue weighted by Crippen LogP contribution is 2.30. The van der Waals surface area contributed by atoms with Crippen molar-refractivity contribution < 1.29 is 0 Å². The van der Waals surface area contributed by atoms with Gasteiger partial charge in [-0.3, -0.25) is 0 Å². The van der Waals surface area contributed by atoms with Gasteiger partial charge in [-0.25, -0.2) is 0 Å². The standard InChI is InChI=1S/C11H14BrNS/c1-11(13-6-7-14-11)8-9-2-4-10(12)5-3-9/h2-5,13H,6-8H2,1H3. The van der Waals surface area contributed by atoms with E-state index >= 15 is 0 Å². The van der Waals surface area contributed by atoms with E-state index in [1.165, 1.54) is 11.3 Å². The van der Waals surface area contributed by atoms with Gasteiger partial charge in [0.05, 0.1) is 4.87 Å². The summed E-state index contributed by atoms with van der Waals surface area (Å²) in [5.41, 5.74) is 1.40. The minimum absolute atomic E-state index is 0.244. The van der Waals surface area contributed by atoms with Crippen LogP contribution in [-0.4, -0.2) is 17.2 Å². The quantitative estimate of drug-likeness (QED) is 0.888. The first kappa shape index (κ1) is 10.5. The Kier molecular flexibility index (Phi) is 3.20. The predicted molar refractivity (Wildman–Crippen MR) is 66.7 cm³/mol. The molecule has 14 heavy (non-hydrogen) atoms. The molecule has 1 heterocycles. The Morgan fingerprint density at radius 1 is 1.43 bits per heavy atom. The minimum Gasteiger partial charge on any atom is -0.302 e. The molecule has 0 saturated carbocycles. The van der Waals surface area contributed by atoms with Gasteiger partial charge >= 0.3 is 0 Å². The molecule has 1 atom stereocenters. The second kappa shape index (κ2) is 4.25. The van der Waals surface area contributed by atoms with Crippen molar-refractivity contribution in [2.45, 2.75) is 18.2 Å². The summed E-state index contributed by atoms with van der Waals surface area (Å²) in [4.78, 5) is 0.244. The van der Waals surface area contributed by atoms with Gasteiger partial charge in [-0.05, 0) is 31.0 Å². The van der Waals surface area contributed by atoms with Gasteiger partial charge in [-0.15, -0.1) is 11.8 Å². The number of hydrogen-bond acceptors (Lipinski definition) is 2. The van der Waals surface area contributed by atoms with Gasteiger partial charge in [-0.2, -0.15) is 0 Å². The number of rotatable bonds is 2. The van der Waals surface area contributed by atoms with E-state index in [1.807, 2.05) is 11.8 Å². The third-order valence-electron chi connectivity index (χ3n) is 2.48. The molecule has 1 saturated heterocycles. The molecule has 0 radical (unpaired) electrons. The van der Waals surface area contributed by atoms with E-state index in [9.17, 15) is 0 Å². The monoisotopic (exact) mass is 271 g/mol. The number of nitrogens with one attached hydrogen (secondary N) is 1. The molecule has 1 aliphatic rings. The van der Waals surface area contributed by atoms with Crippen LogP contribution in [0.3, 0.4) is 0 Å². The molecule has 0 amide bonds. The Labute approximate surface area is 97.8 Å². The summed E-state index contributed by atoms with van der Waals surface area (Å²) in [6, 6.07) is 8.60. The van der Waals surface area contributed by atoms with Crippen molar-refractivity contribution in [2.24, 2.45) is 0 Å². The van der Waals surface area contributed by atoms with Gasteiger partial charge in [-0.1, -0.05) is 28.1 Å². The lowest BCUT2D eigenvalue weighted by atomic mass is 10.1. The number of thioether (sulfide) groups is 1. The zero-order chi connectivity index (χ0) is 10.0. The molecule has 0 aliphatic carbocycles. The summed E-state index contributed by atoms with van der Waals surface area (Å²) in [5, 5.41) is 3.55. The van der Waals surface area contributed by atoms with Crippen LogP contribution in [-0.2, 0) is 6.42 Å². The van der Waals surface area contributed by atoms with Crippen molar-refractivity contribution in [3.8, 4) is 0 Å². The molecule has 1 aromatic carbocycles. The molecular formula is C11H14BrNS. The highest BCUT2D eigenvalue weighted by molar-refractivity contribution is 9.10. The number of benzene rings is 1. The zero-order valence-electron chi connectivity index (χ0n) is 8.22. The second-order valence-corrected chi connectivity index (χ2v) is 6.32. The largest absolute Gasteiger partial charge is 0.302 e. The van der Waals surface area contributed by atoms with Crippen molar-refractivity contribution in [3.63, 3.8) is 0 Å². The Morgan fingerprint density at radius 3 is 2.71 bits per heavy atom. The third-order valence-corrected chi connectivity index (χ3v) is 4.34. The molecule has 0 spiro atoms. The summed E-state index contributed by atoms with van der Waals surface area (Å²) in [6.45, 7) is 3.42. The molecule has 3 heteroatoms. The smallest absolute Gasteiger partial charge is 0.0658 e. The first-order chi connectivity index (χ1) is 6.68. The summed E-state index contributed by atoms with van der Waals surface area (Å²) >= 11 is 5.47. The minimum atomic E-state index is 0.244. The van der Waals surface area contributed by atoms with E-state index < -0.39 is 0 Å². The van der Waals surface area contributed by atoms with Gasteiger partial charge < -0.3 is 5.32 Å². The Morgan fingerprint density at radius 2 is 2.14 bits per heavy atom. The molecular weight excluding hydrogens is 258 g/mol. The van der Waals surface area contributed by atoms with Gasteiger partial charge in [0, 0.05) is 16.8 Å². The molecule has 1 N–H and O–H groups in total. The van der Waals surface area contributed by atoms with Crippen LogP contribution in [0.2, 0.25) is 0 Å². The lowest BCUT2D eigenvalue weighted by molar-refractivity contribution is 0.542. The van der Waals surface area contributed by atoms with E-state index in [-0.39, 0.29) is 4.87 Å². The molecule has 76 valence electrons. The second-order valence-electron chi connectivity index (χ2n) is 3.81. The van der Waals surface area contributed by atoms with Crippen molar-refractivity contribution >= 4 is 27.7 Å². The number of halogens is 1. The van der Waals surface area contributed by atoms with Crippen LogP contribution in [0.1, 0.15) is 12.5 Å². The van der Waals surface area contributed by atoms with Gasteiger partial charge in [0.15, 0.2) is 0 Å². The van der Waals surface area contributed by atoms with Crippen LogP contribution in [0.5, 0.6) is 0 Å².